The number of unbranched alkanes of at least 4 members (excludes halogenated alkanes) is 13. The fourth-order valence-corrected chi connectivity index (χ4v) is 4.92. The van der Waals surface area contributed by atoms with Crippen LogP contribution in [-0.4, -0.2) is 25.3 Å². The van der Waals surface area contributed by atoms with Gasteiger partial charge in [-0.3, -0.25) is 0 Å². The summed E-state index contributed by atoms with van der Waals surface area (Å²) in [5, 5.41) is 0. The molecule has 0 heterocycles. The number of ether oxygens (including phenoxy) is 1. The van der Waals surface area contributed by atoms with E-state index in [1.54, 1.807) is 0 Å². The van der Waals surface area contributed by atoms with E-state index < -0.39 is 10.1 Å². The Balaban J connectivity index is 0.0000109. The van der Waals surface area contributed by atoms with Gasteiger partial charge in [-0.25, -0.2) is 8.42 Å². The van der Waals surface area contributed by atoms with Gasteiger partial charge < -0.3 is 9.29 Å². The van der Waals surface area contributed by atoms with Crippen LogP contribution >= 0.6 is 0 Å². The molecule has 34 heavy (non-hydrogen) atoms. The number of hydrogen-bond donors (Lipinski definition) is 0. The van der Waals surface area contributed by atoms with E-state index in [1.165, 1.54) is 101 Å². The van der Waals surface area contributed by atoms with Gasteiger partial charge in [-0.15, -0.1) is 0 Å². The minimum Gasteiger partial charge on any atom is -0.748 e. The average Bonchev–Trinajstić information content (AvgIpc) is 2.78. The first kappa shape index (κ1) is 33.9. The number of benzene rings is 1. The molecule has 0 aliphatic carbocycles. The molecule has 0 bridgehead atoms. The Morgan fingerprint density at radius 1 is 0.706 bits per heavy atom. The van der Waals surface area contributed by atoms with Crippen LogP contribution < -0.4 is 34.3 Å². The second-order valence-corrected chi connectivity index (χ2v) is 11.0. The normalized spacial score (nSPS) is 11.4. The second kappa shape index (κ2) is 22.2. The van der Waals surface area contributed by atoms with E-state index in [0.29, 0.717) is 19.4 Å². The van der Waals surface area contributed by atoms with Gasteiger partial charge in [0.15, 0.2) is 0 Å². The van der Waals surface area contributed by atoms with E-state index in [0.717, 1.165) is 18.6 Å². The summed E-state index contributed by atoms with van der Waals surface area (Å²) in [6.07, 6.45) is 21.3. The SMILES string of the molecule is CCCCCCCCCc1cccc(OCCCCS(=O)(=O)[O-])c1CCCCCCCCC.[Na+]. The molecule has 1 aromatic rings. The monoisotopic (exact) mass is 504 g/mol. The van der Waals surface area contributed by atoms with Gasteiger partial charge in [0, 0.05) is 5.75 Å². The zero-order valence-corrected chi connectivity index (χ0v) is 25.2. The second-order valence-electron chi connectivity index (χ2n) is 9.45. The standard InChI is InChI=1S/C28H50O4S.Na/c1-3-5-7-9-11-13-15-20-26-21-19-23-28(32-24-17-18-25-33(29,30)31)27(26)22-16-14-12-10-8-6-4-2;/h19,21,23H,3-18,20,22,24-25H2,1-2H3,(H,29,30,31);/q;+1/p-1. The van der Waals surface area contributed by atoms with Crippen LogP contribution in [0.1, 0.15) is 128 Å². The first-order valence-electron chi connectivity index (χ1n) is 13.6. The van der Waals surface area contributed by atoms with Crippen molar-refractivity contribution < 1.29 is 47.3 Å². The predicted molar refractivity (Wildman–Crippen MR) is 139 cm³/mol. The predicted octanol–water partition coefficient (Wildman–Crippen LogP) is 4.98. The number of rotatable bonds is 22. The van der Waals surface area contributed by atoms with Gasteiger partial charge in [-0.05, 0) is 55.7 Å². The van der Waals surface area contributed by atoms with Crippen molar-refractivity contribution in [3.63, 3.8) is 0 Å². The molecule has 0 saturated carbocycles. The molecular formula is C28H49NaO4S. The summed E-state index contributed by atoms with van der Waals surface area (Å²) in [5.41, 5.74) is 2.75. The quantitative estimate of drug-likeness (QED) is 0.127. The van der Waals surface area contributed by atoms with Crippen LogP contribution in [0.4, 0.5) is 0 Å². The Kier molecular flexibility index (Phi) is 22.1. The van der Waals surface area contributed by atoms with Crippen LogP contribution in [-0.2, 0) is 23.0 Å². The fraction of sp³-hybridized carbons (Fsp3) is 0.786. The van der Waals surface area contributed by atoms with Crippen molar-refractivity contribution >= 4 is 10.1 Å². The maximum absolute atomic E-state index is 10.8. The van der Waals surface area contributed by atoms with E-state index in [1.807, 2.05) is 0 Å². The molecule has 0 atom stereocenters. The molecular weight excluding hydrogens is 455 g/mol. The van der Waals surface area contributed by atoms with Gasteiger partial charge in [0.25, 0.3) is 0 Å². The van der Waals surface area contributed by atoms with Crippen LogP contribution in [0.2, 0.25) is 0 Å². The third-order valence-corrected chi connectivity index (χ3v) is 7.14. The minimum absolute atomic E-state index is 0. The van der Waals surface area contributed by atoms with Crippen LogP contribution in [0, 0.1) is 0 Å². The van der Waals surface area contributed by atoms with Gasteiger partial charge in [-0.2, -0.15) is 0 Å². The molecule has 0 aromatic heterocycles. The van der Waals surface area contributed by atoms with Gasteiger partial charge in [0.2, 0.25) is 0 Å². The molecule has 6 heteroatoms. The summed E-state index contributed by atoms with van der Waals surface area (Å²) < 4.78 is 38.5. The molecule has 1 rings (SSSR count). The number of aryl methyl sites for hydroxylation is 1. The van der Waals surface area contributed by atoms with Crippen LogP contribution in [0.15, 0.2) is 18.2 Å². The Morgan fingerprint density at radius 2 is 1.24 bits per heavy atom. The molecule has 0 aliphatic heterocycles. The maximum atomic E-state index is 10.8. The molecule has 0 spiro atoms. The first-order valence-corrected chi connectivity index (χ1v) is 15.2. The molecule has 1 aromatic carbocycles. The topological polar surface area (TPSA) is 66.4 Å². The first-order chi connectivity index (χ1) is 16.0. The number of hydrogen-bond acceptors (Lipinski definition) is 4. The van der Waals surface area contributed by atoms with Crippen LogP contribution in [0.3, 0.4) is 0 Å². The molecule has 0 aliphatic rings. The Bertz CT molecular complexity index is 706. The molecule has 0 unspecified atom stereocenters. The van der Waals surface area contributed by atoms with Crippen molar-refractivity contribution in [1.82, 2.24) is 0 Å². The smallest absolute Gasteiger partial charge is 0.748 e. The summed E-state index contributed by atoms with van der Waals surface area (Å²) in [6, 6.07) is 6.39. The average molecular weight is 505 g/mol. The Morgan fingerprint density at radius 3 is 1.79 bits per heavy atom. The third kappa shape index (κ3) is 18.2. The molecule has 0 radical (unpaired) electrons. The van der Waals surface area contributed by atoms with E-state index in [2.05, 4.69) is 32.0 Å². The third-order valence-electron chi connectivity index (χ3n) is 6.36. The summed E-state index contributed by atoms with van der Waals surface area (Å²) in [4.78, 5) is 0. The van der Waals surface area contributed by atoms with Gasteiger partial charge >= 0.3 is 29.6 Å². The van der Waals surface area contributed by atoms with Crippen molar-refractivity contribution in [3.8, 4) is 5.75 Å². The maximum Gasteiger partial charge on any atom is 1.00 e. The molecule has 0 fully saturated rings. The van der Waals surface area contributed by atoms with Crippen molar-refractivity contribution in [2.24, 2.45) is 0 Å². The Labute approximate surface area is 233 Å². The molecule has 0 N–H and O–H groups in total. The van der Waals surface area contributed by atoms with E-state index in [-0.39, 0.29) is 35.3 Å². The van der Waals surface area contributed by atoms with E-state index >= 15 is 0 Å². The van der Waals surface area contributed by atoms with Gasteiger partial charge in [-0.1, -0.05) is 103 Å². The molecule has 4 nitrogen and oxygen atoms in total. The molecule has 0 saturated heterocycles. The van der Waals surface area contributed by atoms with Crippen LogP contribution in [0.5, 0.6) is 5.75 Å². The zero-order chi connectivity index (χ0) is 24.2. The minimum atomic E-state index is -4.13. The van der Waals surface area contributed by atoms with Crippen molar-refractivity contribution in [2.45, 2.75) is 129 Å². The fourth-order valence-electron chi connectivity index (χ4n) is 4.36. The Hall–Kier alpha value is -0.0700. The van der Waals surface area contributed by atoms with E-state index in [9.17, 15) is 13.0 Å². The summed E-state index contributed by atoms with van der Waals surface area (Å²) >= 11 is 0. The summed E-state index contributed by atoms with van der Waals surface area (Å²) in [6.45, 7) is 4.97. The molecule has 192 valence electrons. The summed E-state index contributed by atoms with van der Waals surface area (Å²) in [5.74, 6) is 0.644. The zero-order valence-electron chi connectivity index (χ0n) is 22.4. The van der Waals surface area contributed by atoms with Crippen molar-refractivity contribution in [3.05, 3.63) is 29.3 Å². The van der Waals surface area contributed by atoms with Crippen LogP contribution in [0.25, 0.3) is 0 Å². The van der Waals surface area contributed by atoms with E-state index in [4.69, 9.17) is 4.74 Å². The largest absolute Gasteiger partial charge is 1.00 e. The van der Waals surface area contributed by atoms with Crippen molar-refractivity contribution in [2.75, 3.05) is 12.4 Å². The molecule has 0 amide bonds. The summed E-state index contributed by atoms with van der Waals surface area (Å²) in [7, 11) is -4.13. The van der Waals surface area contributed by atoms with Gasteiger partial charge in [0.1, 0.15) is 5.75 Å². The van der Waals surface area contributed by atoms with Crippen molar-refractivity contribution in [1.29, 1.82) is 0 Å². The van der Waals surface area contributed by atoms with Gasteiger partial charge in [0.05, 0.1) is 16.7 Å².